The Bertz CT molecular complexity index is 1380. The van der Waals surface area contributed by atoms with Crippen LogP contribution in [-0.2, 0) is 26.2 Å². The second-order valence-electron chi connectivity index (χ2n) is 8.86. The molecule has 0 aliphatic heterocycles. The lowest BCUT2D eigenvalue weighted by Gasteiger charge is -2.32. The molecule has 0 saturated heterocycles. The minimum atomic E-state index is -4.39. The van der Waals surface area contributed by atoms with Crippen molar-refractivity contribution >= 4 is 27.5 Å². The number of amides is 2. The minimum Gasteiger partial charge on any atom is -0.354 e. The number of anilines is 1. The first-order chi connectivity index (χ1) is 18.1. The van der Waals surface area contributed by atoms with E-state index in [-0.39, 0.29) is 22.7 Å². The number of nitrogens with one attached hydrogen (secondary N) is 1. The van der Waals surface area contributed by atoms with Crippen molar-refractivity contribution in [3.05, 3.63) is 95.6 Å². The molecular weight excluding hydrogens is 512 g/mol. The van der Waals surface area contributed by atoms with E-state index in [1.54, 1.807) is 25.1 Å². The zero-order valence-electron chi connectivity index (χ0n) is 21.5. The third kappa shape index (κ3) is 6.74. The van der Waals surface area contributed by atoms with Crippen molar-refractivity contribution in [2.24, 2.45) is 0 Å². The van der Waals surface area contributed by atoms with E-state index in [1.165, 1.54) is 55.5 Å². The summed E-state index contributed by atoms with van der Waals surface area (Å²) in [5.41, 5.74) is 0.644. The standard InChI is InChI=1S/C28H31F2N3O4S/c1-4-17-31-28(35)21(3)32(18-22-9-5-6-10-24(22)29)27(34)19-33(26-12-8-7-11-25(26)30)38(36,37)23-15-13-20(2)14-16-23/h5-16,21H,4,17-19H2,1-3H3,(H,31,35)/t21-/m1/s1. The minimum absolute atomic E-state index is 0.131. The van der Waals surface area contributed by atoms with Gasteiger partial charge in [-0.2, -0.15) is 0 Å². The normalized spacial score (nSPS) is 12.0. The summed E-state index contributed by atoms with van der Waals surface area (Å²) < 4.78 is 57.4. The molecule has 2 amide bonds. The molecule has 0 unspecified atom stereocenters. The van der Waals surface area contributed by atoms with Crippen LogP contribution >= 0.6 is 0 Å². The molecule has 0 heterocycles. The topological polar surface area (TPSA) is 86.8 Å². The monoisotopic (exact) mass is 543 g/mol. The fourth-order valence-corrected chi connectivity index (χ4v) is 5.22. The van der Waals surface area contributed by atoms with Crippen LogP contribution in [0.3, 0.4) is 0 Å². The first-order valence-electron chi connectivity index (χ1n) is 12.2. The zero-order valence-corrected chi connectivity index (χ0v) is 22.3. The number of rotatable bonds is 11. The van der Waals surface area contributed by atoms with Crippen LogP contribution in [0.5, 0.6) is 0 Å². The molecule has 0 saturated carbocycles. The van der Waals surface area contributed by atoms with E-state index in [0.717, 1.165) is 16.5 Å². The molecule has 0 aliphatic rings. The van der Waals surface area contributed by atoms with E-state index in [4.69, 9.17) is 0 Å². The first-order valence-corrected chi connectivity index (χ1v) is 13.6. The SMILES string of the molecule is CCCNC(=O)[C@@H](C)N(Cc1ccccc1F)C(=O)CN(c1ccccc1F)S(=O)(=O)c1ccc(C)cc1. The summed E-state index contributed by atoms with van der Waals surface area (Å²) in [6.45, 7) is 4.41. The number of hydrogen-bond donors (Lipinski definition) is 1. The smallest absolute Gasteiger partial charge is 0.264 e. The Kier molecular flexibility index (Phi) is 9.57. The Morgan fingerprint density at radius 1 is 0.921 bits per heavy atom. The molecule has 0 bridgehead atoms. The average Bonchev–Trinajstić information content (AvgIpc) is 2.90. The number of aryl methyl sites for hydroxylation is 1. The van der Waals surface area contributed by atoms with Gasteiger partial charge < -0.3 is 10.2 Å². The fraction of sp³-hybridized carbons (Fsp3) is 0.286. The van der Waals surface area contributed by atoms with Crippen LogP contribution in [0.15, 0.2) is 77.7 Å². The zero-order chi connectivity index (χ0) is 27.9. The van der Waals surface area contributed by atoms with Gasteiger partial charge in [-0.1, -0.05) is 55.0 Å². The van der Waals surface area contributed by atoms with E-state index in [2.05, 4.69) is 5.32 Å². The Hall–Kier alpha value is -3.79. The summed E-state index contributed by atoms with van der Waals surface area (Å²) in [5, 5.41) is 2.70. The average molecular weight is 544 g/mol. The van der Waals surface area contributed by atoms with Gasteiger partial charge >= 0.3 is 0 Å². The molecule has 0 spiro atoms. The molecule has 10 heteroatoms. The van der Waals surface area contributed by atoms with Gasteiger partial charge in [0, 0.05) is 18.7 Å². The Balaban J connectivity index is 2.04. The molecule has 0 fully saturated rings. The van der Waals surface area contributed by atoms with Gasteiger partial charge in [0.05, 0.1) is 10.6 Å². The lowest BCUT2D eigenvalue weighted by Crippen LogP contribution is -2.51. The fourth-order valence-electron chi connectivity index (χ4n) is 3.79. The number of carbonyl (C=O) groups is 2. The van der Waals surface area contributed by atoms with Crippen LogP contribution < -0.4 is 9.62 Å². The molecule has 38 heavy (non-hydrogen) atoms. The maximum atomic E-state index is 14.9. The molecular formula is C28H31F2N3O4S. The summed E-state index contributed by atoms with van der Waals surface area (Å²) in [6, 6.07) is 15.9. The van der Waals surface area contributed by atoms with Gasteiger partial charge in [0.2, 0.25) is 11.8 Å². The molecule has 7 nitrogen and oxygen atoms in total. The second-order valence-corrected chi connectivity index (χ2v) is 10.7. The third-order valence-corrected chi connectivity index (χ3v) is 7.80. The molecule has 3 rings (SSSR count). The number of benzene rings is 3. The molecule has 1 atom stereocenters. The van der Waals surface area contributed by atoms with Crippen molar-refractivity contribution in [3.63, 3.8) is 0 Å². The number of carbonyl (C=O) groups excluding carboxylic acids is 2. The summed E-state index contributed by atoms with van der Waals surface area (Å²) in [5.74, 6) is -2.70. The summed E-state index contributed by atoms with van der Waals surface area (Å²) >= 11 is 0. The highest BCUT2D eigenvalue weighted by Gasteiger charge is 2.33. The number of halogens is 2. The summed E-state index contributed by atoms with van der Waals surface area (Å²) in [7, 11) is -4.39. The van der Waals surface area contributed by atoms with E-state index >= 15 is 0 Å². The first kappa shape index (κ1) is 28.8. The highest BCUT2D eigenvalue weighted by molar-refractivity contribution is 7.92. The number of hydrogen-bond acceptors (Lipinski definition) is 4. The van der Waals surface area contributed by atoms with Crippen molar-refractivity contribution in [1.29, 1.82) is 0 Å². The van der Waals surface area contributed by atoms with Crippen LogP contribution in [0.25, 0.3) is 0 Å². The van der Waals surface area contributed by atoms with Gasteiger partial charge in [-0.25, -0.2) is 17.2 Å². The molecule has 0 aromatic heterocycles. The van der Waals surface area contributed by atoms with Crippen molar-refractivity contribution in [2.75, 3.05) is 17.4 Å². The molecule has 202 valence electrons. The van der Waals surface area contributed by atoms with Gasteiger partial charge in [-0.3, -0.25) is 13.9 Å². The predicted molar refractivity (Wildman–Crippen MR) is 142 cm³/mol. The van der Waals surface area contributed by atoms with Crippen molar-refractivity contribution in [1.82, 2.24) is 10.2 Å². The highest BCUT2D eigenvalue weighted by atomic mass is 32.2. The quantitative estimate of drug-likeness (QED) is 0.388. The lowest BCUT2D eigenvalue weighted by atomic mass is 10.1. The molecule has 3 aromatic rings. The number of sulfonamides is 1. The molecule has 3 aromatic carbocycles. The summed E-state index contributed by atoms with van der Waals surface area (Å²) in [4.78, 5) is 27.5. The van der Waals surface area contributed by atoms with Crippen LogP contribution in [0.1, 0.15) is 31.4 Å². The largest absolute Gasteiger partial charge is 0.354 e. The van der Waals surface area contributed by atoms with Crippen LogP contribution in [0.4, 0.5) is 14.5 Å². The Labute approximate surface area is 222 Å². The van der Waals surface area contributed by atoms with Gasteiger partial charge in [0.1, 0.15) is 24.2 Å². The Morgan fingerprint density at radius 3 is 2.13 bits per heavy atom. The van der Waals surface area contributed by atoms with Crippen LogP contribution in [0, 0.1) is 18.6 Å². The molecule has 1 N–H and O–H groups in total. The van der Waals surface area contributed by atoms with E-state index in [0.29, 0.717) is 17.3 Å². The number of nitrogens with zero attached hydrogens (tertiary/aromatic N) is 2. The highest BCUT2D eigenvalue weighted by Crippen LogP contribution is 2.27. The van der Waals surface area contributed by atoms with Gasteiger partial charge in [0.25, 0.3) is 10.0 Å². The lowest BCUT2D eigenvalue weighted by molar-refractivity contribution is -0.139. The maximum Gasteiger partial charge on any atom is 0.264 e. The van der Waals surface area contributed by atoms with Gasteiger partial charge in [-0.15, -0.1) is 0 Å². The van der Waals surface area contributed by atoms with Crippen LogP contribution in [0.2, 0.25) is 0 Å². The molecule has 0 aliphatic carbocycles. The van der Waals surface area contributed by atoms with Gasteiger partial charge in [-0.05, 0) is 50.6 Å². The van der Waals surface area contributed by atoms with E-state index in [9.17, 15) is 26.8 Å². The third-order valence-electron chi connectivity index (χ3n) is 6.02. The van der Waals surface area contributed by atoms with E-state index in [1.807, 2.05) is 6.92 Å². The molecule has 0 radical (unpaired) electrons. The van der Waals surface area contributed by atoms with Gasteiger partial charge in [0.15, 0.2) is 0 Å². The van der Waals surface area contributed by atoms with Crippen molar-refractivity contribution in [3.8, 4) is 0 Å². The second kappa shape index (κ2) is 12.6. The van der Waals surface area contributed by atoms with Crippen LogP contribution in [-0.4, -0.2) is 44.3 Å². The Morgan fingerprint density at radius 2 is 1.53 bits per heavy atom. The predicted octanol–water partition coefficient (Wildman–Crippen LogP) is 4.41. The number of para-hydroxylation sites is 1. The van der Waals surface area contributed by atoms with Crippen molar-refractivity contribution < 1.29 is 26.8 Å². The summed E-state index contributed by atoms with van der Waals surface area (Å²) in [6.07, 6.45) is 0.662. The van der Waals surface area contributed by atoms with Crippen molar-refractivity contribution in [2.45, 2.75) is 44.7 Å². The maximum absolute atomic E-state index is 14.9. The van der Waals surface area contributed by atoms with E-state index < -0.39 is 46.1 Å².